The van der Waals surface area contributed by atoms with Crippen LogP contribution in [-0.2, 0) is 11.2 Å². The van der Waals surface area contributed by atoms with E-state index >= 15 is 0 Å². The molecule has 5 heterocycles. The van der Waals surface area contributed by atoms with E-state index in [0.717, 1.165) is 59.8 Å². The van der Waals surface area contributed by atoms with Crippen LogP contribution in [0.5, 0.6) is 0 Å². The summed E-state index contributed by atoms with van der Waals surface area (Å²) in [5.41, 5.74) is 15.4. The van der Waals surface area contributed by atoms with Crippen LogP contribution in [0.3, 0.4) is 0 Å². The summed E-state index contributed by atoms with van der Waals surface area (Å²) in [5, 5.41) is 0. The zero-order valence-corrected chi connectivity index (χ0v) is 20.9. The Morgan fingerprint density at radius 2 is 1.89 bits per heavy atom. The number of fused-ring (bicyclic) bond motifs is 1. The lowest BCUT2D eigenvalue weighted by molar-refractivity contribution is 0.0187. The van der Waals surface area contributed by atoms with Crippen LogP contribution in [0.2, 0.25) is 0 Å². The number of nitrogens with zero attached hydrogens (tertiary/aromatic N) is 3. The normalized spacial score (nSPS) is 15.5. The molecule has 1 unspecified atom stereocenters. The largest absolute Gasteiger partial charge is 0.384 e. The molecule has 0 aliphatic carbocycles. The second kappa shape index (κ2) is 9.32. The molecule has 3 N–H and O–H groups in total. The lowest BCUT2D eigenvalue weighted by atomic mass is 9.95. The highest BCUT2D eigenvalue weighted by molar-refractivity contribution is 5.72. The van der Waals surface area contributed by atoms with Crippen molar-refractivity contribution in [1.82, 2.24) is 19.3 Å². The Balaban J connectivity index is 1.67. The zero-order valence-electron chi connectivity index (χ0n) is 20.9. The number of nitrogen functional groups attached to an aromatic ring is 1. The van der Waals surface area contributed by atoms with E-state index in [2.05, 4.69) is 51.4 Å². The molecule has 1 saturated heterocycles. The number of aromatic nitrogens is 3. The third-order valence-corrected chi connectivity index (χ3v) is 7.27. The zero-order chi connectivity index (χ0) is 24.7. The molecule has 4 aromatic heterocycles. The van der Waals surface area contributed by atoms with Crippen LogP contribution in [0.15, 0.2) is 47.5 Å². The first kappa shape index (κ1) is 23.3. The number of aryl methyl sites for hydroxylation is 2. The van der Waals surface area contributed by atoms with Gasteiger partial charge in [-0.15, -0.1) is 0 Å². The van der Waals surface area contributed by atoms with Gasteiger partial charge in [-0.25, -0.2) is 4.98 Å². The van der Waals surface area contributed by atoms with Gasteiger partial charge in [0.15, 0.2) is 0 Å². The Labute approximate surface area is 205 Å². The molecule has 5 rings (SSSR count). The maximum Gasteiger partial charge on any atom is 0.251 e. The van der Waals surface area contributed by atoms with Gasteiger partial charge in [0.1, 0.15) is 5.82 Å². The van der Waals surface area contributed by atoms with Gasteiger partial charge in [0, 0.05) is 71.5 Å². The molecule has 1 aliphatic rings. The molecular formula is C28H33N5O2. The van der Waals surface area contributed by atoms with Gasteiger partial charge >= 0.3 is 0 Å². The highest BCUT2D eigenvalue weighted by Gasteiger charge is 2.24. The van der Waals surface area contributed by atoms with Crippen molar-refractivity contribution in [3.63, 3.8) is 0 Å². The minimum Gasteiger partial charge on any atom is -0.384 e. The minimum atomic E-state index is -0.00595. The molecule has 0 saturated carbocycles. The van der Waals surface area contributed by atoms with Gasteiger partial charge in [-0.3, -0.25) is 9.69 Å². The number of anilines is 1. The number of H-pyrrole nitrogens is 1. The molecule has 0 aromatic carbocycles. The lowest BCUT2D eigenvalue weighted by Crippen LogP contribution is -2.39. The second-order valence-corrected chi connectivity index (χ2v) is 9.62. The Bertz CT molecular complexity index is 1430. The summed E-state index contributed by atoms with van der Waals surface area (Å²) in [5.74, 6) is 0.510. The monoisotopic (exact) mass is 471 g/mol. The highest BCUT2D eigenvalue weighted by Crippen LogP contribution is 2.32. The molecule has 0 spiro atoms. The van der Waals surface area contributed by atoms with E-state index in [1.165, 1.54) is 16.8 Å². The molecule has 35 heavy (non-hydrogen) atoms. The van der Waals surface area contributed by atoms with E-state index in [-0.39, 0.29) is 11.6 Å². The van der Waals surface area contributed by atoms with E-state index in [0.29, 0.717) is 12.2 Å². The van der Waals surface area contributed by atoms with E-state index in [1.807, 2.05) is 38.2 Å². The Morgan fingerprint density at radius 1 is 1.11 bits per heavy atom. The van der Waals surface area contributed by atoms with E-state index in [1.54, 1.807) is 0 Å². The molecule has 0 radical (unpaired) electrons. The summed E-state index contributed by atoms with van der Waals surface area (Å²) in [6.07, 6.45) is 4.60. The number of nitrogens with one attached hydrogen (secondary N) is 1. The van der Waals surface area contributed by atoms with E-state index in [9.17, 15) is 4.79 Å². The fourth-order valence-corrected chi connectivity index (χ4v) is 5.29. The molecule has 4 aromatic rings. The maximum atomic E-state index is 12.8. The number of hydrogen-bond acceptors (Lipinski definition) is 5. The average Bonchev–Trinajstić information content (AvgIpc) is 3.25. The summed E-state index contributed by atoms with van der Waals surface area (Å²) in [4.78, 5) is 22.6. The molecule has 1 atom stereocenters. The SMILES string of the molecule is Cc1cc(C)c(Cc2cc3cc(-c4ccc(N)nc4)cn3c(C(C)N3CCOCC3)c2C)c(=O)[nH]1. The number of nitrogens with two attached hydrogens (primary N) is 1. The van der Waals surface area contributed by atoms with Crippen LogP contribution in [-0.4, -0.2) is 45.6 Å². The molecule has 0 amide bonds. The number of ether oxygens (including phenoxy) is 1. The van der Waals surface area contributed by atoms with Gasteiger partial charge in [-0.1, -0.05) is 0 Å². The van der Waals surface area contributed by atoms with Crippen molar-refractivity contribution >= 4 is 11.3 Å². The van der Waals surface area contributed by atoms with Gasteiger partial charge in [0.2, 0.25) is 0 Å². The average molecular weight is 472 g/mol. The van der Waals surface area contributed by atoms with Crippen LogP contribution in [0.1, 0.15) is 46.6 Å². The molecular weight excluding hydrogens is 438 g/mol. The van der Waals surface area contributed by atoms with Crippen LogP contribution in [0, 0.1) is 20.8 Å². The molecule has 7 heteroatoms. The molecule has 7 nitrogen and oxygen atoms in total. The predicted molar refractivity (Wildman–Crippen MR) is 140 cm³/mol. The van der Waals surface area contributed by atoms with Crippen LogP contribution >= 0.6 is 0 Å². The number of morpholine rings is 1. The topological polar surface area (TPSA) is 88.6 Å². The molecule has 0 bridgehead atoms. The van der Waals surface area contributed by atoms with Gasteiger partial charge in [0.05, 0.1) is 13.2 Å². The van der Waals surface area contributed by atoms with Crippen molar-refractivity contribution in [2.45, 2.75) is 40.2 Å². The fourth-order valence-electron chi connectivity index (χ4n) is 5.29. The van der Waals surface area contributed by atoms with E-state index < -0.39 is 0 Å². The predicted octanol–water partition coefficient (Wildman–Crippen LogP) is 4.18. The fraction of sp³-hybridized carbons (Fsp3) is 0.357. The third-order valence-electron chi connectivity index (χ3n) is 7.27. The van der Waals surface area contributed by atoms with Crippen molar-refractivity contribution < 1.29 is 4.74 Å². The second-order valence-electron chi connectivity index (χ2n) is 9.62. The summed E-state index contributed by atoms with van der Waals surface area (Å²) in [6.45, 7) is 11.7. The third kappa shape index (κ3) is 4.49. The first-order chi connectivity index (χ1) is 16.8. The lowest BCUT2D eigenvalue weighted by Gasteiger charge is -2.34. The Kier molecular flexibility index (Phi) is 6.21. The van der Waals surface area contributed by atoms with Crippen molar-refractivity contribution in [1.29, 1.82) is 0 Å². The highest BCUT2D eigenvalue weighted by atomic mass is 16.5. The molecule has 182 valence electrons. The van der Waals surface area contributed by atoms with Crippen molar-refractivity contribution in [3.05, 3.63) is 86.7 Å². The van der Waals surface area contributed by atoms with Gasteiger partial charge in [0.25, 0.3) is 5.56 Å². The van der Waals surface area contributed by atoms with E-state index in [4.69, 9.17) is 10.5 Å². The van der Waals surface area contributed by atoms with Crippen LogP contribution in [0.25, 0.3) is 16.6 Å². The number of rotatable bonds is 5. The Hall–Kier alpha value is -3.42. The first-order valence-electron chi connectivity index (χ1n) is 12.2. The number of aromatic amines is 1. The van der Waals surface area contributed by atoms with Crippen molar-refractivity contribution in [2.24, 2.45) is 0 Å². The summed E-state index contributed by atoms with van der Waals surface area (Å²) >= 11 is 0. The van der Waals surface area contributed by atoms with Crippen LogP contribution < -0.4 is 11.3 Å². The Morgan fingerprint density at radius 3 is 2.57 bits per heavy atom. The number of pyridine rings is 3. The number of hydrogen-bond donors (Lipinski definition) is 2. The van der Waals surface area contributed by atoms with Gasteiger partial charge in [-0.2, -0.15) is 0 Å². The summed E-state index contributed by atoms with van der Waals surface area (Å²) in [6, 6.07) is 10.5. The van der Waals surface area contributed by atoms with Gasteiger partial charge < -0.3 is 19.9 Å². The minimum absolute atomic E-state index is 0.00595. The standard InChI is InChI=1S/C28H33N5O2/c1-17-11-18(2)31-28(34)25(17)14-22-12-24-13-23(21-5-6-26(29)30-15-21)16-33(24)27(19(22)3)20(4)32-7-9-35-10-8-32/h5-6,11-13,15-16,20H,7-10,14H2,1-4H3,(H2,29,30)(H,31,34). The summed E-state index contributed by atoms with van der Waals surface area (Å²) < 4.78 is 7.91. The van der Waals surface area contributed by atoms with Gasteiger partial charge in [-0.05, 0) is 74.7 Å². The van der Waals surface area contributed by atoms with Crippen molar-refractivity contribution in [3.8, 4) is 11.1 Å². The summed E-state index contributed by atoms with van der Waals surface area (Å²) in [7, 11) is 0. The smallest absolute Gasteiger partial charge is 0.251 e. The molecule has 1 aliphatic heterocycles. The van der Waals surface area contributed by atoms with Crippen molar-refractivity contribution in [2.75, 3.05) is 32.0 Å². The maximum absolute atomic E-state index is 12.8. The van der Waals surface area contributed by atoms with Crippen LogP contribution in [0.4, 0.5) is 5.82 Å². The molecule has 1 fully saturated rings. The first-order valence-corrected chi connectivity index (χ1v) is 12.2. The quantitative estimate of drug-likeness (QED) is 0.456.